The molecule has 0 aromatic carbocycles. The van der Waals surface area contributed by atoms with Gasteiger partial charge >= 0.3 is 6.18 Å². The Bertz CT molecular complexity index is 627. The molecule has 130 valence electrons. The topological polar surface area (TPSA) is 34.1 Å². The van der Waals surface area contributed by atoms with Crippen molar-refractivity contribution in [1.82, 2.24) is 0 Å². The Morgan fingerprint density at radius 2 is 1.62 bits per heavy atom. The van der Waals surface area contributed by atoms with Gasteiger partial charge in [-0.05, 0) is 73.1 Å². The normalized spacial score (nSPS) is 35.9. The second-order valence-electron chi connectivity index (χ2n) is 7.92. The molecule has 4 aliphatic rings. The fourth-order valence-corrected chi connectivity index (χ4v) is 6.63. The van der Waals surface area contributed by atoms with E-state index in [1.165, 1.54) is 6.07 Å². The predicted molar refractivity (Wildman–Crippen MR) is 83.8 cm³/mol. The van der Waals surface area contributed by atoms with Crippen LogP contribution in [0.1, 0.15) is 48.2 Å². The van der Waals surface area contributed by atoms with Gasteiger partial charge in [0.05, 0.1) is 10.8 Å². The monoisotopic (exact) mass is 356 g/mol. The number of ketones is 2. The molecule has 0 unspecified atom stereocenters. The van der Waals surface area contributed by atoms with E-state index in [1.54, 1.807) is 11.4 Å². The van der Waals surface area contributed by atoms with Crippen LogP contribution in [0.15, 0.2) is 17.5 Å². The van der Waals surface area contributed by atoms with Crippen LogP contribution in [0.5, 0.6) is 0 Å². The summed E-state index contributed by atoms with van der Waals surface area (Å²) in [4.78, 5) is 25.4. The lowest BCUT2D eigenvalue weighted by Gasteiger charge is -2.58. The summed E-state index contributed by atoms with van der Waals surface area (Å²) in [6.07, 6.45) is 0.00678. The molecule has 1 aromatic rings. The summed E-state index contributed by atoms with van der Waals surface area (Å²) in [5, 5.41) is 1.67. The van der Waals surface area contributed by atoms with Crippen molar-refractivity contribution in [1.29, 1.82) is 0 Å². The Hall–Kier alpha value is -1.17. The number of alkyl halides is 3. The number of carbonyl (C=O) groups is 2. The number of hydrogen-bond acceptors (Lipinski definition) is 3. The number of Topliss-reactive ketones (excluding diaryl/α,β-unsaturated/α-hetero) is 2. The molecule has 4 bridgehead atoms. The summed E-state index contributed by atoms with van der Waals surface area (Å²) >= 11 is 1.12. The highest BCUT2D eigenvalue weighted by atomic mass is 32.1. The maximum atomic E-state index is 13.3. The summed E-state index contributed by atoms with van der Waals surface area (Å²) in [7, 11) is 0. The molecule has 5 rings (SSSR count). The molecule has 0 aliphatic heterocycles. The van der Waals surface area contributed by atoms with Crippen LogP contribution in [-0.2, 0) is 4.79 Å². The molecule has 4 fully saturated rings. The third-order valence-corrected chi connectivity index (χ3v) is 7.15. The molecule has 4 saturated carbocycles. The van der Waals surface area contributed by atoms with Crippen molar-refractivity contribution in [2.45, 2.75) is 44.7 Å². The van der Waals surface area contributed by atoms with Crippen LogP contribution < -0.4 is 0 Å². The minimum atomic E-state index is -4.96. The van der Waals surface area contributed by atoms with E-state index in [9.17, 15) is 22.8 Å². The average Bonchev–Trinajstić information content (AvgIpc) is 2.98. The predicted octanol–water partition coefficient (Wildman–Crippen LogP) is 4.89. The molecule has 0 saturated heterocycles. The number of thiophene rings is 1. The van der Waals surface area contributed by atoms with Crippen molar-refractivity contribution in [2.24, 2.45) is 29.1 Å². The van der Waals surface area contributed by atoms with Gasteiger partial charge in [0.25, 0.3) is 0 Å². The fraction of sp³-hybridized carbons (Fsp3) is 0.667. The Kier molecular flexibility index (Phi) is 3.68. The molecular weight excluding hydrogens is 337 g/mol. The van der Waals surface area contributed by atoms with E-state index in [0.29, 0.717) is 37.0 Å². The highest BCUT2D eigenvalue weighted by Gasteiger charge is 2.61. The van der Waals surface area contributed by atoms with E-state index in [2.05, 4.69) is 0 Å². The Balaban J connectivity index is 1.75. The first-order valence-corrected chi connectivity index (χ1v) is 9.35. The third kappa shape index (κ3) is 2.54. The zero-order valence-electron chi connectivity index (χ0n) is 13.1. The van der Waals surface area contributed by atoms with Gasteiger partial charge in [-0.3, -0.25) is 9.59 Å². The lowest BCUT2D eigenvalue weighted by Crippen LogP contribution is -2.55. The van der Waals surface area contributed by atoms with E-state index in [-0.39, 0.29) is 4.88 Å². The smallest absolute Gasteiger partial charge is 0.292 e. The van der Waals surface area contributed by atoms with Crippen LogP contribution in [0.2, 0.25) is 0 Å². The van der Waals surface area contributed by atoms with Gasteiger partial charge < -0.3 is 0 Å². The van der Waals surface area contributed by atoms with Crippen LogP contribution >= 0.6 is 11.3 Å². The highest BCUT2D eigenvalue weighted by molar-refractivity contribution is 7.12. The van der Waals surface area contributed by atoms with Gasteiger partial charge in [-0.2, -0.15) is 13.2 Å². The largest absolute Gasteiger partial charge is 0.450 e. The maximum Gasteiger partial charge on any atom is 0.450 e. The Morgan fingerprint density at radius 3 is 2.04 bits per heavy atom. The molecule has 1 aromatic heterocycles. The lowest BCUT2D eigenvalue weighted by molar-refractivity contribution is -0.183. The van der Waals surface area contributed by atoms with E-state index < -0.39 is 29.1 Å². The zero-order valence-corrected chi connectivity index (χ0v) is 14.0. The minimum Gasteiger partial charge on any atom is -0.292 e. The van der Waals surface area contributed by atoms with E-state index in [4.69, 9.17) is 0 Å². The van der Waals surface area contributed by atoms with Gasteiger partial charge in [0.2, 0.25) is 5.78 Å². The molecule has 4 aliphatic carbocycles. The summed E-state index contributed by atoms with van der Waals surface area (Å²) < 4.78 is 39.9. The lowest BCUT2D eigenvalue weighted by atomic mass is 9.45. The van der Waals surface area contributed by atoms with Gasteiger partial charge in [-0.25, -0.2) is 0 Å². The van der Waals surface area contributed by atoms with Crippen LogP contribution in [0.25, 0.3) is 0 Å². The Morgan fingerprint density at radius 1 is 1.08 bits per heavy atom. The first kappa shape index (κ1) is 16.3. The van der Waals surface area contributed by atoms with E-state index in [1.807, 2.05) is 0 Å². The van der Waals surface area contributed by atoms with Gasteiger partial charge in [0, 0.05) is 0 Å². The van der Waals surface area contributed by atoms with Crippen molar-refractivity contribution >= 4 is 22.9 Å². The van der Waals surface area contributed by atoms with Gasteiger partial charge in [-0.1, -0.05) is 6.07 Å². The summed E-state index contributed by atoms with van der Waals surface area (Å²) in [5.41, 5.74) is -0.775. The second kappa shape index (κ2) is 5.41. The number of halogens is 3. The summed E-state index contributed by atoms with van der Waals surface area (Å²) in [5.74, 6) is -2.84. The molecule has 1 heterocycles. The van der Waals surface area contributed by atoms with Gasteiger partial charge in [-0.15, -0.1) is 11.3 Å². The third-order valence-electron chi connectivity index (χ3n) is 6.27. The molecule has 0 spiro atoms. The zero-order chi connectivity index (χ0) is 17.1. The van der Waals surface area contributed by atoms with Crippen LogP contribution in [0.3, 0.4) is 0 Å². The molecule has 6 heteroatoms. The summed E-state index contributed by atoms with van der Waals surface area (Å²) in [6, 6.07) is 3.18. The standard InChI is InChI=1S/C18H19F3O2S/c19-18(20,21)16(23)14(15(22)13-2-1-3-24-13)17-7-10-4-11(8-17)6-12(5-10)9-17/h1-3,10-12,14H,4-9H2/t10?,11?,12?,14-,17?/m0/s1. The first-order valence-electron chi connectivity index (χ1n) is 8.47. The first-order chi connectivity index (χ1) is 11.3. The van der Waals surface area contributed by atoms with E-state index >= 15 is 0 Å². The van der Waals surface area contributed by atoms with E-state index in [0.717, 1.165) is 30.6 Å². The van der Waals surface area contributed by atoms with Crippen molar-refractivity contribution in [3.8, 4) is 0 Å². The van der Waals surface area contributed by atoms with Crippen LogP contribution in [-0.4, -0.2) is 17.7 Å². The maximum absolute atomic E-state index is 13.3. The molecule has 0 amide bonds. The number of carbonyl (C=O) groups excluding carboxylic acids is 2. The van der Waals surface area contributed by atoms with Crippen molar-refractivity contribution in [3.05, 3.63) is 22.4 Å². The van der Waals surface area contributed by atoms with Gasteiger partial charge in [0.1, 0.15) is 0 Å². The number of hydrogen-bond donors (Lipinski definition) is 0. The van der Waals surface area contributed by atoms with Crippen LogP contribution in [0.4, 0.5) is 13.2 Å². The molecular formula is C18H19F3O2S. The van der Waals surface area contributed by atoms with Crippen LogP contribution in [0, 0.1) is 29.1 Å². The van der Waals surface area contributed by atoms with Crippen molar-refractivity contribution in [2.75, 3.05) is 0 Å². The molecule has 1 atom stereocenters. The van der Waals surface area contributed by atoms with Crippen molar-refractivity contribution in [3.63, 3.8) is 0 Å². The molecule has 0 N–H and O–H groups in total. The Labute approximate surface area is 142 Å². The summed E-state index contributed by atoms with van der Waals surface area (Å²) in [6.45, 7) is 0. The average molecular weight is 356 g/mol. The molecule has 24 heavy (non-hydrogen) atoms. The minimum absolute atomic E-state index is 0.272. The SMILES string of the molecule is O=C(c1cccs1)[C@@H](C(=O)C(F)(F)F)C12CC3CC(CC(C3)C1)C2. The second-order valence-corrected chi connectivity index (χ2v) is 8.86. The van der Waals surface area contributed by atoms with Crippen molar-refractivity contribution < 1.29 is 22.8 Å². The highest BCUT2D eigenvalue weighted by Crippen LogP contribution is 2.63. The molecule has 2 nitrogen and oxygen atoms in total. The van der Waals surface area contributed by atoms with Gasteiger partial charge in [0.15, 0.2) is 5.78 Å². The quantitative estimate of drug-likeness (QED) is 0.568. The molecule has 0 radical (unpaired) electrons. The number of rotatable bonds is 4. The fourth-order valence-electron chi connectivity index (χ4n) is 5.93.